The quantitative estimate of drug-likeness (QED) is 0.101. The SMILES string of the molecule is COCCCN1/C(=C/C=C2\CCC(/C=C/C3=[N+](CCCOC)c4ccc(OC)cc4C3(C)C)=C2OC(c2ccc[n+](C)c2)C(C)C)C(C)(C)c2cc(OC)ccc21. The van der Waals surface area contributed by atoms with E-state index < -0.39 is 0 Å². The van der Waals surface area contributed by atoms with E-state index in [2.05, 4.69) is 148 Å². The van der Waals surface area contributed by atoms with Crippen LogP contribution in [0, 0.1) is 5.92 Å². The number of aromatic nitrogens is 1. The first-order valence-electron chi connectivity index (χ1n) is 20.6. The molecule has 0 saturated carbocycles. The summed E-state index contributed by atoms with van der Waals surface area (Å²) in [5, 5.41) is 0. The second kappa shape index (κ2) is 17.9. The van der Waals surface area contributed by atoms with E-state index in [4.69, 9.17) is 23.7 Å². The number of benzene rings is 2. The average molecular weight is 776 g/mol. The zero-order chi connectivity index (χ0) is 40.9. The van der Waals surface area contributed by atoms with Gasteiger partial charge in [0.15, 0.2) is 24.7 Å². The first-order valence-corrected chi connectivity index (χ1v) is 20.6. The number of rotatable bonds is 17. The summed E-state index contributed by atoms with van der Waals surface area (Å²) in [4.78, 5) is 2.47. The van der Waals surface area contributed by atoms with Crippen LogP contribution in [-0.2, 0) is 32.1 Å². The van der Waals surface area contributed by atoms with Crippen LogP contribution in [0.3, 0.4) is 0 Å². The molecular weight excluding hydrogens is 711 g/mol. The predicted octanol–water partition coefficient (Wildman–Crippen LogP) is 9.60. The van der Waals surface area contributed by atoms with Crippen molar-refractivity contribution in [2.45, 2.75) is 84.2 Å². The van der Waals surface area contributed by atoms with Gasteiger partial charge >= 0.3 is 0 Å². The van der Waals surface area contributed by atoms with Crippen molar-refractivity contribution < 1.29 is 32.8 Å². The second-order valence-electron chi connectivity index (χ2n) is 16.9. The lowest BCUT2D eigenvalue weighted by Gasteiger charge is -2.27. The molecule has 8 nitrogen and oxygen atoms in total. The van der Waals surface area contributed by atoms with Crippen molar-refractivity contribution in [3.05, 3.63) is 125 Å². The zero-order valence-corrected chi connectivity index (χ0v) is 36.3. The Balaban J connectivity index is 1.46. The van der Waals surface area contributed by atoms with Gasteiger partial charge in [-0.3, -0.25) is 0 Å². The summed E-state index contributed by atoms with van der Waals surface area (Å²) in [5.74, 6) is 2.99. The van der Waals surface area contributed by atoms with E-state index in [0.29, 0.717) is 13.2 Å². The molecule has 0 fully saturated rings. The maximum Gasteiger partial charge on any atom is 0.210 e. The number of methoxy groups -OCH3 is 4. The van der Waals surface area contributed by atoms with Gasteiger partial charge in [-0.05, 0) is 104 Å². The minimum absolute atomic E-state index is 0.118. The van der Waals surface area contributed by atoms with Crippen molar-refractivity contribution in [2.24, 2.45) is 13.0 Å². The highest BCUT2D eigenvalue weighted by atomic mass is 16.5. The van der Waals surface area contributed by atoms with Gasteiger partial charge in [-0.25, -0.2) is 4.57 Å². The Bertz CT molecular complexity index is 2090. The number of allylic oxidation sites excluding steroid dienone is 7. The van der Waals surface area contributed by atoms with Gasteiger partial charge < -0.3 is 28.6 Å². The van der Waals surface area contributed by atoms with E-state index >= 15 is 0 Å². The molecule has 8 heteroatoms. The fourth-order valence-corrected chi connectivity index (χ4v) is 8.81. The largest absolute Gasteiger partial charge is 0.497 e. The molecule has 3 aliphatic rings. The van der Waals surface area contributed by atoms with Crippen molar-refractivity contribution in [1.29, 1.82) is 0 Å². The van der Waals surface area contributed by atoms with Crippen molar-refractivity contribution in [2.75, 3.05) is 59.6 Å². The normalized spacial score (nSPS) is 19.1. The average Bonchev–Trinajstić information content (AvgIpc) is 3.75. The molecule has 0 amide bonds. The second-order valence-corrected chi connectivity index (χ2v) is 16.9. The van der Waals surface area contributed by atoms with Crippen molar-refractivity contribution >= 4 is 17.1 Å². The fraction of sp³-hybridized carbons (Fsp3) is 0.469. The van der Waals surface area contributed by atoms with Crippen LogP contribution in [0.2, 0.25) is 0 Å². The van der Waals surface area contributed by atoms with Gasteiger partial charge in [-0.15, -0.1) is 0 Å². The zero-order valence-electron chi connectivity index (χ0n) is 36.3. The number of nitrogens with zero attached hydrogens (tertiary/aromatic N) is 3. The lowest BCUT2D eigenvalue weighted by atomic mass is 9.81. The molecule has 0 bridgehead atoms. The molecule has 1 unspecified atom stereocenters. The van der Waals surface area contributed by atoms with Crippen LogP contribution in [-0.4, -0.2) is 65.0 Å². The highest BCUT2D eigenvalue weighted by Crippen LogP contribution is 2.50. The lowest BCUT2D eigenvalue weighted by Crippen LogP contribution is -2.28. The summed E-state index contributed by atoms with van der Waals surface area (Å²) < 4.78 is 34.2. The van der Waals surface area contributed by atoms with E-state index in [1.807, 2.05) is 0 Å². The van der Waals surface area contributed by atoms with Crippen LogP contribution < -0.4 is 18.9 Å². The van der Waals surface area contributed by atoms with Gasteiger partial charge in [0.25, 0.3) is 0 Å². The Morgan fingerprint density at radius 3 is 2.19 bits per heavy atom. The Morgan fingerprint density at radius 2 is 1.51 bits per heavy atom. The summed E-state index contributed by atoms with van der Waals surface area (Å²) in [6, 6.07) is 17.2. The van der Waals surface area contributed by atoms with Gasteiger partial charge in [0, 0.05) is 74.4 Å². The first kappa shape index (κ1) is 42.0. The highest BCUT2D eigenvalue weighted by Gasteiger charge is 2.45. The van der Waals surface area contributed by atoms with Crippen LogP contribution in [0.1, 0.15) is 90.0 Å². The Labute approximate surface area is 341 Å². The number of anilines is 1. The van der Waals surface area contributed by atoms with Crippen LogP contribution >= 0.6 is 0 Å². The molecule has 0 radical (unpaired) electrons. The number of hydrogen-bond donors (Lipinski definition) is 0. The van der Waals surface area contributed by atoms with E-state index in [1.54, 1.807) is 28.4 Å². The molecule has 6 rings (SSSR count). The van der Waals surface area contributed by atoms with E-state index in [0.717, 1.165) is 56.0 Å². The van der Waals surface area contributed by atoms with Gasteiger partial charge in [0.2, 0.25) is 5.69 Å². The summed E-state index contributed by atoms with van der Waals surface area (Å²) in [7, 11) is 9.09. The van der Waals surface area contributed by atoms with Crippen LogP contribution in [0.25, 0.3) is 0 Å². The maximum atomic E-state index is 7.29. The minimum Gasteiger partial charge on any atom is -0.497 e. The molecule has 3 aromatic rings. The Hall–Kier alpha value is -4.66. The van der Waals surface area contributed by atoms with E-state index in [1.165, 1.54) is 50.6 Å². The van der Waals surface area contributed by atoms with Crippen molar-refractivity contribution in [3.8, 4) is 11.5 Å². The van der Waals surface area contributed by atoms with Gasteiger partial charge in [-0.1, -0.05) is 33.8 Å². The van der Waals surface area contributed by atoms with Crippen LogP contribution in [0.15, 0.2) is 108 Å². The number of fused-ring (bicyclic) bond motifs is 2. The third-order valence-electron chi connectivity index (χ3n) is 11.9. The first-order chi connectivity index (χ1) is 27.3. The van der Waals surface area contributed by atoms with Gasteiger partial charge in [0.1, 0.15) is 30.4 Å². The predicted molar refractivity (Wildman–Crippen MR) is 230 cm³/mol. The molecule has 1 aliphatic carbocycles. The molecule has 2 aromatic carbocycles. The maximum absolute atomic E-state index is 7.29. The minimum atomic E-state index is -0.228. The van der Waals surface area contributed by atoms with Gasteiger partial charge in [0.05, 0.1) is 31.8 Å². The van der Waals surface area contributed by atoms with E-state index in [9.17, 15) is 0 Å². The molecule has 3 heterocycles. The molecule has 0 spiro atoms. The molecular formula is C49H65N3O5+2. The number of hydrogen-bond acceptors (Lipinski definition) is 6. The standard InChI is InChI=1S/C49H65N3O5/c1-34(2)46(37-15-12-26-50(7)33-37)57-47-35(18-24-44-48(3,4)40-31-38(55-10)20-22-42(40)51(44)27-13-29-53-8)16-17-36(47)19-25-45-49(5,6)41-32-39(56-11)21-23-43(41)52(45)28-14-30-54-9/h12,15,18-26,31-34,46H,13-14,16-17,27-30H2,1-11H3/q+2. The van der Waals surface area contributed by atoms with Gasteiger partial charge in [-0.2, -0.15) is 4.58 Å². The van der Waals surface area contributed by atoms with Crippen molar-refractivity contribution in [3.63, 3.8) is 0 Å². The molecule has 304 valence electrons. The Kier molecular flexibility index (Phi) is 13.2. The third kappa shape index (κ3) is 8.63. The molecule has 1 atom stereocenters. The smallest absolute Gasteiger partial charge is 0.210 e. The summed E-state index contributed by atoms with van der Waals surface area (Å²) in [5.41, 5.74) is 10.7. The topological polar surface area (TPSA) is 56.3 Å². The number of aryl methyl sites for hydroxylation is 1. The van der Waals surface area contributed by atoms with Crippen molar-refractivity contribution in [1.82, 2.24) is 0 Å². The fourth-order valence-electron chi connectivity index (χ4n) is 8.81. The Morgan fingerprint density at radius 1 is 0.807 bits per heavy atom. The molecule has 57 heavy (non-hydrogen) atoms. The summed E-state index contributed by atoms with van der Waals surface area (Å²) >= 11 is 0. The number of ether oxygens (including phenoxy) is 5. The van der Waals surface area contributed by atoms with Crippen LogP contribution in [0.4, 0.5) is 11.4 Å². The van der Waals surface area contributed by atoms with E-state index in [-0.39, 0.29) is 22.9 Å². The van der Waals surface area contributed by atoms with Crippen LogP contribution in [0.5, 0.6) is 11.5 Å². The summed E-state index contributed by atoms with van der Waals surface area (Å²) in [6.07, 6.45) is 17.1. The molecule has 0 saturated heterocycles. The molecule has 1 aromatic heterocycles. The monoisotopic (exact) mass is 775 g/mol. The lowest BCUT2D eigenvalue weighted by molar-refractivity contribution is -0.672. The molecule has 0 N–H and O–H groups in total. The number of pyridine rings is 1. The third-order valence-corrected chi connectivity index (χ3v) is 11.9. The highest BCUT2D eigenvalue weighted by molar-refractivity contribution is 6.03. The molecule has 2 aliphatic heterocycles. The summed E-state index contributed by atoms with van der Waals surface area (Å²) in [6.45, 7) is 16.9.